The molecule has 1 amide bonds. The molecule has 0 saturated carbocycles. The summed E-state index contributed by atoms with van der Waals surface area (Å²) in [5.74, 6) is 0.856. The average molecular weight is 488 g/mol. The van der Waals surface area contributed by atoms with Crippen LogP contribution >= 0.6 is 0 Å². The van der Waals surface area contributed by atoms with Crippen LogP contribution in [0.2, 0.25) is 0 Å². The third kappa shape index (κ3) is 5.02. The average Bonchev–Trinajstić information content (AvgIpc) is 3.39. The van der Waals surface area contributed by atoms with Crippen molar-refractivity contribution in [1.29, 1.82) is 0 Å². The van der Waals surface area contributed by atoms with Gasteiger partial charge in [0.1, 0.15) is 17.3 Å². The van der Waals surface area contributed by atoms with Gasteiger partial charge in [-0.2, -0.15) is 4.68 Å². The third-order valence-electron chi connectivity index (χ3n) is 6.11. The Hall–Kier alpha value is -4.34. The fourth-order valence-corrected chi connectivity index (χ4v) is 4.28. The van der Waals surface area contributed by atoms with Crippen molar-refractivity contribution in [3.8, 4) is 22.7 Å². The Morgan fingerprint density at radius 2 is 1.94 bits per heavy atom. The molecule has 3 heterocycles. The van der Waals surface area contributed by atoms with Crippen LogP contribution in [-0.2, 0) is 0 Å². The van der Waals surface area contributed by atoms with Crippen molar-refractivity contribution in [1.82, 2.24) is 30.5 Å². The van der Waals surface area contributed by atoms with Crippen LogP contribution in [0.15, 0.2) is 66.9 Å². The van der Waals surface area contributed by atoms with E-state index in [0.29, 0.717) is 48.2 Å². The first-order valence-corrected chi connectivity index (χ1v) is 11.9. The number of anilines is 1. The van der Waals surface area contributed by atoms with E-state index in [2.05, 4.69) is 30.7 Å². The zero-order valence-electron chi connectivity index (χ0n) is 19.8. The first-order chi connectivity index (χ1) is 17.6. The molecule has 1 aliphatic rings. The van der Waals surface area contributed by atoms with Gasteiger partial charge in [-0.25, -0.2) is 4.39 Å². The minimum absolute atomic E-state index is 0.0247. The summed E-state index contributed by atoms with van der Waals surface area (Å²) in [5, 5.41) is 15.4. The summed E-state index contributed by atoms with van der Waals surface area (Å²) < 4.78 is 20.9. The summed E-state index contributed by atoms with van der Waals surface area (Å²) in [6.07, 6.45) is 3.02. The first kappa shape index (κ1) is 23.4. The zero-order chi connectivity index (χ0) is 24.9. The van der Waals surface area contributed by atoms with E-state index in [9.17, 15) is 9.18 Å². The molecule has 0 spiro atoms. The Balaban J connectivity index is 1.20. The molecule has 10 heteroatoms. The standard InChI is InChI=1S/C26H26FN7O2/c1-2-36-24-9-4-3-8-23(24)34-26(30-31-32-34)33-14-12-21(13-15-33)29-25(35)19-10-11-22(28-17-19)18-6-5-7-20(27)16-18/h3-11,16-17,21H,2,12-15H2,1H3,(H,29,35). The molecule has 9 nitrogen and oxygen atoms in total. The van der Waals surface area contributed by atoms with E-state index in [1.54, 1.807) is 28.9 Å². The summed E-state index contributed by atoms with van der Waals surface area (Å²) >= 11 is 0. The number of ether oxygens (including phenoxy) is 1. The molecular formula is C26H26FN7O2. The van der Waals surface area contributed by atoms with Gasteiger partial charge in [0.25, 0.3) is 5.91 Å². The van der Waals surface area contributed by atoms with E-state index < -0.39 is 0 Å². The molecule has 0 aliphatic carbocycles. The van der Waals surface area contributed by atoms with E-state index >= 15 is 0 Å². The highest BCUT2D eigenvalue weighted by molar-refractivity contribution is 5.94. The van der Waals surface area contributed by atoms with Gasteiger partial charge in [0.05, 0.1) is 17.9 Å². The molecule has 2 aromatic carbocycles. The molecule has 1 aliphatic heterocycles. The van der Waals surface area contributed by atoms with Gasteiger partial charge in [0, 0.05) is 30.9 Å². The number of carbonyl (C=O) groups excluding carboxylic acids is 1. The smallest absolute Gasteiger partial charge is 0.253 e. The number of nitrogens with zero attached hydrogens (tertiary/aromatic N) is 6. The second-order valence-electron chi connectivity index (χ2n) is 8.47. The van der Waals surface area contributed by atoms with Crippen molar-refractivity contribution in [2.75, 3.05) is 24.6 Å². The molecule has 5 rings (SSSR count). The highest BCUT2D eigenvalue weighted by atomic mass is 19.1. The van der Waals surface area contributed by atoms with Gasteiger partial charge in [-0.15, -0.1) is 0 Å². The number of piperidine rings is 1. The summed E-state index contributed by atoms with van der Waals surface area (Å²) in [4.78, 5) is 19.2. The lowest BCUT2D eigenvalue weighted by atomic mass is 10.0. The lowest BCUT2D eigenvalue weighted by Crippen LogP contribution is -2.45. The molecule has 0 unspecified atom stereocenters. The predicted octanol–water partition coefficient (Wildman–Crippen LogP) is 3.66. The van der Waals surface area contributed by atoms with Crippen molar-refractivity contribution < 1.29 is 13.9 Å². The van der Waals surface area contributed by atoms with E-state index in [-0.39, 0.29) is 17.8 Å². The van der Waals surface area contributed by atoms with E-state index in [4.69, 9.17) is 4.74 Å². The van der Waals surface area contributed by atoms with Gasteiger partial charge < -0.3 is 15.0 Å². The summed E-state index contributed by atoms with van der Waals surface area (Å²) in [6.45, 7) is 3.87. The van der Waals surface area contributed by atoms with Gasteiger partial charge in [0.2, 0.25) is 5.95 Å². The van der Waals surface area contributed by atoms with Crippen molar-refractivity contribution in [3.63, 3.8) is 0 Å². The Kier molecular flexibility index (Phi) is 6.83. The number of tetrazole rings is 1. The number of hydrogen-bond acceptors (Lipinski definition) is 7. The molecule has 36 heavy (non-hydrogen) atoms. The van der Waals surface area contributed by atoms with Crippen LogP contribution in [-0.4, -0.2) is 56.8 Å². The minimum Gasteiger partial charge on any atom is -0.492 e. The fourth-order valence-electron chi connectivity index (χ4n) is 4.28. The minimum atomic E-state index is -0.324. The molecule has 1 saturated heterocycles. The van der Waals surface area contributed by atoms with Crippen LogP contribution in [0, 0.1) is 5.82 Å². The monoisotopic (exact) mass is 487 g/mol. The summed E-state index contributed by atoms with van der Waals surface area (Å²) in [6, 6.07) is 17.3. The number of rotatable bonds is 7. The second kappa shape index (κ2) is 10.5. The topological polar surface area (TPSA) is 98.1 Å². The normalized spacial score (nSPS) is 14.0. The summed E-state index contributed by atoms with van der Waals surface area (Å²) in [7, 11) is 0. The quantitative estimate of drug-likeness (QED) is 0.425. The summed E-state index contributed by atoms with van der Waals surface area (Å²) in [5.41, 5.74) is 2.53. The number of pyridine rings is 1. The molecule has 2 aromatic heterocycles. The number of carbonyl (C=O) groups is 1. The number of amides is 1. The number of halogens is 1. The molecule has 1 fully saturated rings. The lowest BCUT2D eigenvalue weighted by Gasteiger charge is -2.32. The Bertz CT molecular complexity index is 1330. The van der Waals surface area contributed by atoms with Gasteiger partial charge in [-0.1, -0.05) is 29.4 Å². The SMILES string of the molecule is CCOc1ccccc1-n1nnnc1N1CCC(NC(=O)c2ccc(-c3cccc(F)c3)nc2)CC1. The van der Waals surface area contributed by atoms with E-state index in [1.807, 2.05) is 31.2 Å². The van der Waals surface area contributed by atoms with Crippen LogP contribution in [0.1, 0.15) is 30.1 Å². The number of aromatic nitrogens is 5. The van der Waals surface area contributed by atoms with Crippen molar-refractivity contribution in [2.45, 2.75) is 25.8 Å². The Morgan fingerprint density at radius 3 is 2.69 bits per heavy atom. The second-order valence-corrected chi connectivity index (χ2v) is 8.47. The molecule has 0 bridgehead atoms. The Labute approximate surface area is 207 Å². The maximum absolute atomic E-state index is 13.5. The first-order valence-electron chi connectivity index (χ1n) is 11.9. The number of para-hydroxylation sites is 2. The van der Waals surface area contributed by atoms with E-state index in [0.717, 1.165) is 18.5 Å². The van der Waals surface area contributed by atoms with Crippen LogP contribution in [0.5, 0.6) is 5.75 Å². The van der Waals surface area contributed by atoms with E-state index in [1.165, 1.54) is 18.3 Å². The molecule has 1 N–H and O–H groups in total. The van der Waals surface area contributed by atoms with Crippen molar-refractivity contribution in [3.05, 3.63) is 78.2 Å². The number of hydrogen-bond donors (Lipinski definition) is 1. The van der Waals surface area contributed by atoms with Crippen LogP contribution in [0.25, 0.3) is 16.9 Å². The molecular weight excluding hydrogens is 461 g/mol. The maximum atomic E-state index is 13.5. The van der Waals surface area contributed by atoms with Gasteiger partial charge >= 0.3 is 0 Å². The predicted molar refractivity (Wildman–Crippen MR) is 133 cm³/mol. The largest absolute Gasteiger partial charge is 0.492 e. The van der Waals surface area contributed by atoms with Gasteiger partial charge in [-0.3, -0.25) is 9.78 Å². The van der Waals surface area contributed by atoms with Gasteiger partial charge in [0.15, 0.2) is 0 Å². The maximum Gasteiger partial charge on any atom is 0.253 e. The number of benzene rings is 2. The molecule has 0 radical (unpaired) electrons. The van der Waals surface area contributed by atoms with Crippen molar-refractivity contribution in [2.24, 2.45) is 0 Å². The Morgan fingerprint density at radius 1 is 1.11 bits per heavy atom. The van der Waals surface area contributed by atoms with Gasteiger partial charge in [-0.05, 0) is 66.6 Å². The van der Waals surface area contributed by atoms with Crippen molar-refractivity contribution >= 4 is 11.9 Å². The highest BCUT2D eigenvalue weighted by Crippen LogP contribution is 2.27. The molecule has 4 aromatic rings. The highest BCUT2D eigenvalue weighted by Gasteiger charge is 2.26. The number of nitrogens with one attached hydrogen (secondary N) is 1. The fraction of sp³-hybridized carbons (Fsp3) is 0.269. The van der Waals surface area contributed by atoms with Crippen LogP contribution < -0.4 is 15.0 Å². The third-order valence-corrected chi connectivity index (χ3v) is 6.11. The zero-order valence-corrected chi connectivity index (χ0v) is 19.8. The molecule has 0 atom stereocenters. The van der Waals surface area contributed by atoms with Crippen LogP contribution in [0.4, 0.5) is 10.3 Å². The molecule has 184 valence electrons. The van der Waals surface area contributed by atoms with Crippen LogP contribution in [0.3, 0.4) is 0 Å². The lowest BCUT2D eigenvalue weighted by molar-refractivity contribution is 0.0930.